The zero-order chi connectivity index (χ0) is 25.1. The second-order valence-electron chi connectivity index (χ2n) is 11.8. The van der Waals surface area contributed by atoms with Crippen LogP contribution < -0.4 is 4.90 Å². The average Bonchev–Trinajstić information content (AvgIpc) is 3.39. The molecule has 6 nitrogen and oxygen atoms in total. The molecule has 5 rings (SSSR count). The lowest BCUT2D eigenvalue weighted by molar-refractivity contribution is -0.141. The number of aliphatic carboxylic acids is 1. The molecule has 6 heteroatoms. The van der Waals surface area contributed by atoms with Crippen LogP contribution in [0.2, 0.25) is 0 Å². The number of benzene rings is 1. The SMILES string of the molecule is CCC(CC1CCCCC1)N1C2CCCC1CC(N(C(=O)N1CCCC1C(=O)O)c1ccccc1)C2. The molecule has 1 aliphatic carbocycles. The van der Waals surface area contributed by atoms with Gasteiger partial charge < -0.3 is 10.0 Å². The maximum Gasteiger partial charge on any atom is 0.326 e. The fourth-order valence-corrected chi connectivity index (χ4v) is 7.96. The fourth-order valence-electron chi connectivity index (χ4n) is 7.96. The van der Waals surface area contributed by atoms with Gasteiger partial charge in [-0.25, -0.2) is 9.59 Å². The molecule has 2 amide bonds. The molecule has 1 aromatic carbocycles. The van der Waals surface area contributed by atoms with E-state index in [1.807, 2.05) is 35.2 Å². The molecular formula is C30H45N3O3. The van der Waals surface area contributed by atoms with Gasteiger partial charge in [-0.3, -0.25) is 9.80 Å². The molecule has 36 heavy (non-hydrogen) atoms. The van der Waals surface area contributed by atoms with Crippen LogP contribution in [-0.2, 0) is 4.79 Å². The first-order valence-electron chi connectivity index (χ1n) is 14.7. The molecular weight excluding hydrogens is 450 g/mol. The number of hydrogen-bond donors (Lipinski definition) is 1. The topological polar surface area (TPSA) is 64.1 Å². The van der Waals surface area contributed by atoms with Gasteiger partial charge in [0.15, 0.2) is 0 Å². The number of urea groups is 1. The summed E-state index contributed by atoms with van der Waals surface area (Å²) in [6.07, 6.45) is 16.6. The number of para-hydroxylation sites is 1. The number of carboxylic acid groups (broad SMARTS) is 1. The van der Waals surface area contributed by atoms with Crippen molar-refractivity contribution in [2.75, 3.05) is 11.4 Å². The Bertz CT molecular complexity index is 873. The predicted molar refractivity (Wildman–Crippen MR) is 143 cm³/mol. The Kier molecular flexibility index (Phi) is 8.19. The highest BCUT2D eigenvalue weighted by molar-refractivity contribution is 5.95. The maximum atomic E-state index is 14.0. The lowest BCUT2D eigenvalue weighted by Gasteiger charge is -2.54. The molecule has 4 unspecified atom stereocenters. The second-order valence-corrected chi connectivity index (χ2v) is 11.8. The molecule has 1 N–H and O–H groups in total. The number of likely N-dealkylation sites (tertiary alicyclic amines) is 1. The van der Waals surface area contributed by atoms with Crippen LogP contribution in [0.15, 0.2) is 30.3 Å². The van der Waals surface area contributed by atoms with Crippen LogP contribution in [0.5, 0.6) is 0 Å². The van der Waals surface area contributed by atoms with Crippen molar-refractivity contribution < 1.29 is 14.7 Å². The first-order valence-corrected chi connectivity index (χ1v) is 14.7. The predicted octanol–water partition coefficient (Wildman–Crippen LogP) is 6.30. The first-order chi connectivity index (χ1) is 17.6. The highest BCUT2D eigenvalue weighted by Gasteiger charge is 2.46. The number of piperidine rings is 2. The lowest BCUT2D eigenvalue weighted by atomic mass is 9.77. The largest absolute Gasteiger partial charge is 0.480 e. The van der Waals surface area contributed by atoms with Gasteiger partial charge in [0.1, 0.15) is 6.04 Å². The van der Waals surface area contributed by atoms with Crippen molar-refractivity contribution in [2.24, 2.45) is 5.92 Å². The zero-order valence-corrected chi connectivity index (χ0v) is 22.1. The van der Waals surface area contributed by atoms with Crippen LogP contribution in [0, 0.1) is 5.92 Å². The summed E-state index contributed by atoms with van der Waals surface area (Å²) in [5.74, 6) is 0.00159. The number of carbonyl (C=O) groups excluding carboxylic acids is 1. The van der Waals surface area contributed by atoms with Crippen LogP contribution in [0.1, 0.15) is 96.8 Å². The smallest absolute Gasteiger partial charge is 0.326 e. The summed E-state index contributed by atoms with van der Waals surface area (Å²) in [7, 11) is 0. The monoisotopic (exact) mass is 495 g/mol. The molecule has 1 saturated carbocycles. The molecule has 3 aliphatic heterocycles. The summed E-state index contributed by atoms with van der Waals surface area (Å²) in [4.78, 5) is 32.4. The highest BCUT2D eigenvalue weighted by Crippen LogP contribution is 2.42. The van der Waals surface area contributed by atoms with E-state index in [9.17, 15) is 14.7 Å². The average molecular weight is 496 g/mol. The van der Waals surface area contributed by atoms with Gasteiger partial charge in [0, 0.05) is 36.4 Å². The van der Waals surface area contributed by atoms with Gasteiger partial charge in [-0.2, -0.15) is 0 Å². The minimum atomic E-state index is -0.881. The number of anilines is 1. The molecule has 198 valence electrons. The van der Waals surface area contributed by atoms with Crippen LogP contribution in [0.25, 0.3) is 0 Å². The van der Waals surface area contributed by atoms with E-state index in [2.05, 4.69) is 11.8 Å². The van der Waals surface area contributed by atoms with E-state index in [4.69, 9.17) is 0 Å². The molecule has 3 saturated heterocycles. The molecule has 4 atom stereocenters. The van der Waals surface area contributed by atoms with Gasteiger partial charge in [0.2, 0.25) is 0 Å². The number of fused-ring (bicyclic) bond motifs is 2. The van der Waals surface area contributed by atoms with Crippen LogP contribution in [0.4, 0.5) is 10.5 Å². The lowest BCUT2D eigenvalue weighted by Crippen LogP contribution is -2.62. The van der Waals surface area contributed by atoms with Gasteiger partial charge in [0.05, 0.1) is 0 Å². The van der Waals surface area contributed by atoms with Crippen molar-refractivity contribution >= 4 is 17.7 Å². The number of carbonyl (C=O) groups is 2. The number of hydrogen-bond acceptors (Lipinski definition) is 3. The first kappa shape index (κ1) is 25.6. The van der Waals surface area contributed by atoms with E-state index < -0.39 is 12.0 Å². The van der Waals surface area contributed by atoms with Crippen molar-refractivity contribution in [1.29, 1.82) is 0 Å². The summed E-state index contributed by atoms with van der Waals surface area (Å²) < 4.78 is 0. The zero-order valence-electron chi connectivity index (χ0n) is 22.1. The Balaban J connectivity index is 1.37. The van der Waals surface area contributed by atoms with E-state index in [-0.39, 0.29) is 12.1 Å². The Morgan fingerprint density at radius 2 is 1.64 bits per heavy atom. The third-order valence-electron chi connectivity index (χ3n) is 9.62. The third kappa shape index (κ3) is 5.29. The molecule has 1 aromatic rings. The number of carboxylic acids is 1. The Morgan fingerprint density at radius 1 is 0.944 bits per heavy atom. The van der Waals surface area contributed by atoms with Gasteiger partial charge in [-0.1, -0.05) is 63.6 Å². The van der Waals surface area contributed by atoms with Crippen LogP contribution in [-0.4, -0.2) is 63.7 Å². The maximum absolute atomic E-state index is 14.0. The highest BCUT2D eigenvalue weighted by atomic mass is 16.4. The van der Waals surface area contributed by atoms with Crippen LogP contribution in [0.3, 0.4) is 0 Å². The van der Waals surface area contributed by atoms with Gasteiger partial charge in [-0.05, 0) is 69.4 Å². The van der Waals surface area contributed by atoms with Gasteiger partial charge >= 0.3 is 12.0 Å². The summed E-state index contributed by atoms with van der Waals surface area (Å²) >= 11 is 0. The summed E-state index contributed by atoms with van der Waals surface area (Å²) in [6.45, 7) is 2.90. The number of rotatable bonds is 7. The number of amides is 2. The third-order valence-corrected chi connectivity index (χ3v) is 9.62. The summed E-state index contributed by atoms with van der Waals surface area (Å²) in [5.41, 5.74) is 0.907. The Morgan fingerprint density at radius 3 is 2.28 bits per heavy atom. The van der Waals surface area contributed by atoms with E-state index in [1.54, 1.807) is 4.90 Å². The standard InChI is InChI=1S/C30H45N3O3/c1-2-23(19-22-11-5-3-6-12-22)32-25-15-9-16-26(32)21-27(20-25)33(24-13-7-4-8-14-24)30(36)31-18-10-17-28(31)29(34)35/h4,7-8,13-14,22-23,25-28H,2-3,5-6,9-12,15-21H2,1H3,(H,34,35). The Hall–Kier alpha value is -2.08. The second kappa shape index (κ2) is 11.5. The van der Waals surface area contributed by atoms with Crippen molar-refractivity contribution in [3.63, 3.8) is 0 Å². The minimum absolute atomic E-state index is 0.114. The van der Waals surface area contributed by atoms with E-state index in [0.717, 1.165) is 30.9 Å². The fraction of sp³-hybridized carbons (Fsp3) is 0.733. The van der Waals surface area contributed by atoms with Gasteiger partial charge in [0.25, 0.3) is 0 Å². The quantitative estimate of drug-likeness (QED) is 0.482. The molecule has 2 bridgehead atoms. The molecule has 0 aromatic heterocycles. The van der Waals surface area contributed by atoms with Crippen molar-refractivity contribution in [1.82, 2.24) is 9.80 Å². The van der Waals surface area contributed by atoms with Crippen molar-refractivity contribution in [3.05, 3.63) is 30.3 Å². The number of nitrogens with zero attached hydrogens (tertiary/aromatic N) is 3. The van der Waals surface area contributed by atoms with Crippen LogP contribution >= 0.6 is 0 Å². The summed E-state index contributed by atoms with van der Waals surface area (Å²) in [5, 5.41) is 9.76. The molecule has 0 radical (unpaired) electrons. The molecule has 4 fully saturated rings. The normalized spacial score (nSPS) is 30.2. The van der Waals surface area contributed by atoms with E-state index in [1.165, 1.54) is 64.2 Å². The molecule has 3 heterocycles. The Labute approximate surface area is 217 Å². The molecule has 0 spiro atoms. The van der Waals surface area contributed by atoms with Crippen molar-refractivity contribution in [2.45, 2.75) is 127 Å². The summed E-state index contributed by atoms with van der Waals surface area (Å²) in [6, 6.07) is 11.0. The minimum Gasteiger partial charge on any atom is -0.480 e. The molecule has 4 aliphatic rings. The van der Waals surface area contributed by atoms with E-state index in [0.29, 0.717) is 31.1 Å². The van der Waals surface area contributed by atoms with Gasteiger partial charge in [-0.15, -0.1) is 0 Å². The van der Waals surface area contributed by atoms with Crippen molar-refractivity contribution in [3.8, 4) is 0 Å². The van der Waals surface area contributed by atoms with E-state index >= 15 is 0 Å².